The van der Waals surface area contributed by atoms with Gasteiger partial charge in [0.1, 0.15) is 0 Å². The predicted octanol–water partition coefficient (Wildman–Crippen LogP) is 3.43. The molecule has 0 rings (SSSR count). The highest BCUT2D eigenvalue weighted by Gasteiger charge is 2.04. The molecular weight excluding hydrogens is 222 g/mol. The normalized spacial score (nSPS) is 12.3. The van der Waals surface area contributed by atoms with Crippen molar-refractivity contribution in [2.45, 2.75) is 6.92 Å². The summed E-state index contributed by atoms with van der Waals surface area (Å²) in [6.07, 6.45) is 13.6. The molecule has 0 aromatic heterocycles. The number of allylic oxidation sites excluding steroid dienone is 5. The first-order valence-electron chi connectivity index (χ1n) is 5.79. The zero-order valence-electron chi connectivity index (χ0n) is 11.0. The standard InChI is InChI=1S/C16H21NO/c1-5-9-11-16(8-4)13-17(14-18)12-15(7-3)10-6-2/h5-11,14H,2-4,12-13H2,1H3/b9-5-,15-10+,16-11+. The number of amides is 1. The third kappa shape index (κ3) is 6.48. The minimum atomic E-state index is 0.514. The van der Waals surface area contributed by atoms with Gasteiger partial charge in [0.05, 0.1) is 0 Å². The van der Waals surface area contributed by atoms with Gasteiger partial charge in [0, 0.05) is 13.1 Å². The van der Waals surface area contributed by atoms with Gasteiger partial charge in [0.25, 0.3) is 0 Å². The molecule has 0 saturated carbocycles. The fourth-order valence-corrected chi connectivity index (χ4v) is 1.34. The van der Waals surface area contributed by atoms with E-state index in [9.17, 15) is 4.79 Å². The van der Waals surface area contributed by atoms with Gasteiger partial charge in [0.15, 0.2) is 0 Å². The molecule has 96 valence electrons. The number of carbonyl (C=O) groups excluding carboxylic acids is 1. The lowest BCUT2D eigenvalue weighted by Gasteiger charge is -2.18. The van der Waals surface area contributed by atoms with Crippen LogP contribution in [0.15, 0.2) is 73.4 Å². The molecule has 0 N–H and O–H groups in total. The fourth-order valence-electron chi connectivity index (χ4n) is 1.34. The van der Waals surface area contributed by atoms with Crippen molar-refractivity contribution in [2.24, 2.45) is 0 Å². The molecule has 2 nitrogen and oxygen atoms in total. The molecule has 0 aliphatic carbocycles. The van der Waals surface area contributed by atoms with E-state index < -0.39 is 0 Å². The third-order valence-electron chi connectivity index (χ3n) is 2.28. The Balaban J connectivity index is 4.73. The summed E-state index contributed by atoms with van der Waals surface area (Å²) in [5.41, 5.74) is 1.94. The van der Waals surface area contributed by atoms with Gasteiger partial charge in [-0.3, -0.25) is 4.79 Å². The van der Waals surface area contributed by atoms with Gasteiger partial charge in [-0.2, -0.15) is 0 Å². The SMILES string of the molecule is C=C/C=C(\C=C)CN(C=O)C/C(C=C)=C/C=C\C. The Labute approximate surface area is 110 Å². The average Bonchev–Trinajstić information content (AvgIpc) is 2.41. The van der Waals surface area contributed by atoms with Crippen molar-refractivity contribution >= 4 is 6.41 Å². The first kappa shape index (κ1) is 15.9. The van der Waals surface area contributed by atoms with Crippen LogP contribution in [0.25, 0.3) is 0 Å². The van der Waals surface area contributed by atoms with Crippen molar-refractivity contribution in [1.29, 1.82) is 0 Å². The number of hydrogen-bond acceptors (Lipinski definition) is 1. The number of nitrogens with zero attached hydrogens (tertiary/aromatic N) is 1. The summed E-state index contributed by atoms with van der Waals surface area (Å²) in [7, 11) is 0. The van der Waals surface area contributed by atoms with Crippen LogP contribution in [-0.2, 0) is 4.79 Å². The van der Waals surface area contributed by atoms with Gasteiger partial charge >= 0.3 is 0 Å². The average molecular weight is 243 g/mol. The number of rotatable bonds is 9. The second-order valence-corrected chi connectivity index (χ2v) is 3.66. The van der Waals surface area contributed by atoms with E-state index in [2.05, 4.69) is 19.7 Å². The molecule has 18 heavy (non-hydrogen) atoms. The monoisotopic (exact) mass is 243 g/mol. The highest BCUT2D eigenvalue weighted by atomic mass is 16.1. The summed E-state index contributed by atoms with van der Waals surface area (Å²) in [5, 5.41) is 0. The number of carbonyl (C=O) groups is 1. The van der Waals surface area contributed by atoms with Crippen molar-refractivity contribution in [2.75, 3.05) is 13.1 Å². The van der Waals surface area contributed by atoms with Crippen LogP contribution in [0.5, 0.6) is 0 Å². The van der Waals surface area contributed by atoms with Gasteiger partial charge in [-0.15, -0.1) is 0 Å². The zero-order valence-corrected chi connectivity index (χ0v) is 11.0. The predicted molar refractivity (Wildman–Crippen MR) is 79.2 cm³/mol. The van der Waals surface area contributed by atoms with Crippen LogP contribution < -0.4 is 0 Å². The first-order valence-corrected chi connectivity index (χ1v) is 5.79. The summed E-state index contributed by atoms with van der Waals surface area (Å²) in [6.45, 7) is 14.1. The number of hydrogen-bond donors (Lipinski definition) is 0. The molecule has 0 aromatic carbocycles. The largest absolute Gasteiger partial charge is 0.337 e. The Morgan fingerprint density at radius 2 is 1.61 bits per heavy atom. The molecule has 0 saturated heterocycles. The van der Waals surface area contributed by atoms with Crippen molar-refractivity contribution in [1.82, 2.24) is 4.90 Å². The summed E-state index contributed by atoms with van der Waals surface area (Å²) in [4.78, 5) is 12.7. The van der Waals surface area contributed by atoms with E-state index in [-0.39, 0.29) is 0 Å². The lowest BCUT2D eigenvalue weighted by molar-refractivity contribution is -0.117. The topological polar surface area (TPSA) is 20.3 Å². The minimum Gasteiger partial charge on any atom is -0.337 e. The molecule has 0 fully saturated rings. The van der Waals surface area contributed by atoms with Crippen LogP contribution in [0.4, 0.5) is 0 Å². The van der Waals surface area contributed by atoms with Crippen molar-refractivity contribution in [3.05, 3.63) is 73.4 Å². The maximum Gasteiger partial charge on any atom is 0.210 e. The van der Waals surface area contributed by atoms with Gasteiger partial charge in [-0.1, -0.05) is 62.3 Å². The Hall–Kier alpha value is -2.09. The molecule has 0 aliphatic heterocycles. The molecule has 2 heteroatoms. The molecule has 0 spiro atoms. The summed E-state index contributed by atoms with van der Waals surface area (Å²) in [6, 6.07) is 0. The van der Waals surface area contributed by atoms with E-state index >= 15 is 0 Å². The maximum absolute atomic E-state index is 11.0. The quantitative estimate of drug-likeness (QED) is 0.449. The molecular formula is C16H21NO. The van der Waals surface area contributed by atoms with E-state index in [0.29, 0.717) is 13.1 Å². The van der Waals surface area contributed by atoms with Crippen molar-refractivity contribution < 1.29 is 4.79 Å². The van der Waals surface area contributed by atoms with Gasteiger partial charge < -0.3 is 4.90 Å². The van der Waals surface area contributed by atoms with Gasteiger partial charge in [-0.05, 0) is 18.1 Å². The highest BCUT2D eigenvalue weighted by Crippen LogP contribution is 2.04. The van der Waals surface area contributed by atoms with Gasteiger partial charge in [0.2, 0.25) is 6.41 Å². The summed E-state index contributed by atoms with van der Waals surface area (Å²) in [5.74, 6) is 0. The second-order valence-electron chi connectivity index (χ2n) is 3.66. The van der Waals surface area contributed by atoms with E-state index in [4.69, 9.17) is 0 Å². The lowest BCUT2D eigenvalue weighted by Crippen LogP contribution is -2.26. The lowest BCUT2D eigenvalue weighted by atomic mass is 10.2. The maximum atomic E-state index is 11.0. The van der Waals surface area contributed by atoms with Gasteiger partial charge in [-0.25, -0.2) is 0 Å². The van der Waals surface area contributed by atoms with E-state index in [1.54, 1.807) is 23.1 Å². The van der Waals surface area contributed by atoms with E-state index in [1.807, 2.05) is 31.2 Å². The molecule has 0 heterocycles. The smallest absolute Gasteiger partial charge is 0.210 e. The van der Waals surface area contributed by atoms with Crippen molar-refractivity contribution in [3.63, 3.8) is 0 Å². The van der Waals surface area contributed by atoms with Crippen LogP contribution in [0.3, 0.4) is 0 Å². The zero-order chi connectivity index (χ0) is 13.8. The fraction of sp³-hybridized carbons (Fsp3) is 0.188. The Morgan fingerprint density at radius 1 is 1.06 bits per heavy atom. The van der Waals surface area contributed by atoms with Crippen LogP contribution in [0, 0.1) is 0 Å². The minimum absolute atomic E-state index is 0.514. The van der Waals surface area contributed by atoms with Crippen LogP contribution in [0.2, 0.25) is 0 Å². The van der Waals surface area contributed by atoms with Crippen LogP contribution in [-0.4, -0.2) is 24.4 Å². The Morgan fingerprint density at radius 3 is 2.00 bits per heavy atom. The summed E-state index contributed by atoms with van der Waals surface area (Å²) < 4.78 is 0. The molecule has 0 bridgehead atoms. The molecule has 0 unspecified atom stereocenters. The highest BCUT2D eigenvalue weighted by molar-refractivity contribution is 5.50. The molecule has 0 aliphatic rings. The third-order valence-corrected chi connectivity index (χ3v) is 2.28. The van der Waals surface area contributed by atoms with E-state index in [0.717, 1.165) is 17.6 Å². The molecule has 0 radical (unpaired) electrons. The van der Waals surface area contributed by atoms with Crippen LogP contribution in [0.1, 0.15) is 6.92 Å². The second kappa shape index (κ2) is 10.1. The van der Waals surface area contributed by atoms with Crippen LogP contribution >= 0.6 is 0 Å². The molecule has 0 atom stereocenters. The first-order chi connectivity index (χ1) is 8.71. The Bertz CT molecular complexity index is 386. The molecule has 0 aromatic rings. The summed E-state index contributed by atoms with van der Waals surface area (Å²) >= 11 is 0. The Kier molecular flexibility index (Phi) is 8.92. The molecule has 1 amide bonds. The van der Waals surface area contributed by atoms with E-state index in [1.165, 1.54) is 0 Å². The van der Waals surface area contributed by atoms with Crippen molar-refractivity contribution in [3.8, 4) is 0 Å².